The van der Waals surface area contributed by atoms with Crippen LogP contribution in [0.5, 0.6) is 0 Å². The molecule has 76 valence electrons. The Labute approximate surface area is 90.8 Å². The molecule has 0 amide bonds. The number of nitrogens with zero attached hydrogens (tertiary/aromatic N) is 1. The van der Waals surface area contributed by atoms with E-state index in [4.69, 9.17) is 0 Å². The average molecular weight is 207 g/mol. The molecule has 0 spiro atoms. The van der Waals surface area contributed by atoms with Crippen LogP contribution in [-0.4, -0.2) is 25.5 Å². The van der Waals surface area contributed by atoms with E-state index in [2.05, 4.69) is 49.8 Å². The maximum atomic E-state index is 4.03. The minimum Gasteiger partial charge on any atom is -0.305 e. The third-order valence-corrected chi connectivity index (χ3v) is 2.79. The van der Waals surface area contributed by atoms with E-state index in [1.807, 2.05) is 17.8 Å². The Morgan fingerprint density at radius 2 is 1.93 bits per heavy atom. The van der Waals surface area contributed by atoms with Gasteiger partial charge in [0.15, 0.2) is 0 Å². The third-order valence-electron chi connectivity index (χ3n) is 1.78. The normalized spacial score (nSPS) is 10.5. The lowest BCUT2D eigenvalue weighted by molar-refractivity contribution is 0.454. The first-order valence-corrected chi connectivity index (χ1v) is 5.66. The summed E-state index contributed by atoms with van der Waals surface area (Å²) in [5.41, 5.74) is 1.36. The largest absolute Gasteiger partial charge is 0.305 e. The topological polar surface area (TPSA) is 3.24 Å². The SMILES string of the molecule is C=C(CN(C)C)SCc1ccccc1. The Balaban J connectivity index is 2.31. The lowest BCUT2D eigenvalue weighted by Gasteiger charge is -2.11. The van der Waals surface area contributed by atoms with Crippen LogP contribution in [0.15, 0.2) is 41.8 Å². The van der Waals surface area contributed by atoms with Crippen LogP contribution in [0.3, 0.4) is 0 Å². The molecular weight excluding hydrogens is 190 g/mol. The molecule has 0 aliphatic carbocycles. The van der Waals surface area contributed by atoms with Crippen molar-refractivity contribution < 1.29 is 0 Å². The molecule has 0 saturated carbocycles. The van der Waals surface area contributed by atoms with Crippen LogP contribution in [0.4, 0.5) is 0 Å². The van der Waals surface area contributed by atoms with Gasteiger partial charge in [0.25, 0.3) is 0 Å². The van der Waals surface area contributed by atoms with Crippen molar-refractivity contribution >= 4 is 11.8 Å². The molecule has 0 heterocycles. The number of benzene rings is 1. The van der Waals surface area contributed by atoms with Crippen molar-refractivity contribution in [3.05, 3.63) is 47.4 Å². The summed E-state index contributed by atoms with van der Waals surface area (Å²) in [6.07, 6.45) is 0. The van der Waals surface area contributed by atoms with E-state index >= 15 is 0 Å². The molecule has 1 aromatic rings. The van der Waals surface area contributed by atoms with Crippen molar-refractivity contribution in [2.75, 3.05) is 20.6 Å². The predicted molar refractivity (Wildman–Crippen MR) is 65.4 cm³/mol. The molecular formula is C12H17NS. The van der Waals surface area contributed by atoms with E-state index < -0.39 is 0 Å². The summed E-state index contributed by atoms with van der Waals surface area (Å²) >= 11 is 1.82. The zero-order valence-electron chi connectivity index (χ0n) is 8.86. The molecule has 1 nitrogen and oxygen atoms in total. The van der Waals surface area contributed by atoms with Gasteiger partial charge in [0.1, 0.15) is 0 Å². The first-order valence-electron chi connectivity index (χ1n) is 4.67. The highest BCUT2D eigenvalue weighted by Crippen LogP contribution is 2.19. The highest BCUT2D eigenvalue weighted by atomic mass is 32.2. The van der Waals surface area contributed by atoms with Crippen molar-refractivity contribution in [1.29, 1.82) is 0 Å². The molecule has 0 aliphatic heterocycles. The molecule has 0 aliphatic rings. The van der Waals surface area contributed by atoms with Gasteiger partial charge in [-0.25, -0.2) is 0 Å². The fourth-order valence-corrected chi connectivity index (χ4v) is 2.07. The van der Waals surface area contributed by atoms with Gasteiger partial charge in [-0.05, 0) is 24.6 Å². The van der Waals surface area contributed by atoms with Gasteiger partial charge in [-0.15, -0.1) is 11.8 Å². The van der Waals surface area contributed by atoms with E-state index in [1.54, 1.807) is 0 Å². The lowest BCUT2D eigenvalue weighted by atomic mass is 10.2. The second-order valence-corrected chi connectivity index (χ2v) is 4.71. The van der Waals surface area contributed by atoms with Crippen molar-refractivity contribution in [3.8, 4) is 0 Å². The lowest BCUT2D eigenvalue weighted by Crippen LogP contribution is -2.13. The van der Waals surface area contributed by atoms with Crippen molar-refractivity contribution in [3.63, 3.8) is 0 Å². The molecule has 0 radical (unpaired) electrons. The highest BCUT2D eigenvalue weighted by Gasteiger charge is 1.98. The van der Waals surface area contributed by atoms with Gasteiger partial charge >= 0.3 is 0 Å². The number of hydrogen-bond acceptors (Lipinski definition) is 2. The number of likely N-dealkylation sites (N-methyl/N-ethyl adjacent to an activating group) is 1. The summed E-state index contributed by atoms with van der Waals surface area (Å²) in [4.78, 5) is 3.36. The summed E-state index contributed by atoms with van der Waals surface area (Å²) in [7, 11) is 4.13. The van der Waals surface area contributed by atoms with Gasteiger partial charge in [-0.2, -0.15) is 0 Å². The Hall–Kier alpha value is -0.730. The average Bonchev–Trinajstić information content (AvgIpc) is 2.15. The van der Waals surface area contributed by atoms with E-state index in [9.17, 15) is 0 Å². The maximum absolute atomic E-state index is 4.03. The van der Waals surface area contributed by atoms with Gasteiger partial charge in [-0.3, -0.25) is 0 Å². The molecule has 2 heteroatoms. The van der Waals surface area contributed by atoms with Gasteiger partial charge in [0.2, 0.25) is 0 Å². The van der Waals surface area contributed by atoms with Crippen LogP contribution in [0.1, 0.15) is 5.56 Å². The molecule has 14 heavy (non-hydrogen) atoms. The second-order valence-electron chi connectivity index (χ2n) is 3.55. The van der Waals surface area contributed by atoms with Crippen LogP contribution in [0.25, 0.3) is 0 Å². The number of thioether (sulfide) groups is 1. The van der Waals surface area contributed by atoms with Crippen LogP contribution in [0, 0.1) is 0 Å². The van der Waals surface area contributed by atoms with E-state index in [0.29, 0.717) is 0 Å². The molecule has 0 N–H and O–H groups in total. The van der Waals surface area contributed by atoms with E-state index in [0.717, 1.165) is 12.3 Å². The van der Waals surface area contributed by atoms with Gasteiger partial charge in [0, 0.05) is 12.3 Å². The minimum absolute atomic E-state index is 0.956. The van der Waals surface area contributed by atoms with Gasteiger partial charge in [0.05, 0.1) is 0 Å². The molecule has 0 aromatic heterocycles. The molecule has 0 fully saturated rings. The van der Waals surface area contributed by atoms with Gasteiger partial charge < -0.3 is 4.90 Å². The number of hydrogen-bond donors (Lipinski definition) is 0. The molecule has 0 saturated heterocycles. The summed E-state index contributed by atoms with van der Waals surface area (Å²) in [6.45, 7) is 4.99. The molecule has 1 rings (SSSR count). The Bertz CT molecular complexity index is 280. The van der Waals surface area contributed by atoms with Crippen molar-refractivity contribution in [2.45, 2.75) is 5.75 Å². The standard InChI is InChI=1S/C12H17NS/c1-11(9-13(2)3)14-10-12-7-5-4-6-8-12/h4-8H,1,9-10H2,2-3H3. The van der Waals surface area contributed by atoms with Crippen molar-refractivity contribution in [1.82, 2.24) is 4.90 Å². The summed E-state index contributed by atoms with van der Waals surface area (Å²) < 4.78 is 0. The predicted octanol–water partition coefficient (Wildman–Crippen LogP) is 3.00. The van der Waals surface area contributed by atoms with Crippen LogP contribution in [-0.2, 0) is 5.75 Å². The monoisotopic (exact) mass is 207 g/mol. The molecule has 0 bridgehead atoms. The molecule has 0 unspecified atom stereocenters. The smallest absolute Gasteiger partial charge is 0.0281 e. The van der Waals surface area contributed by atoms with Crippen LogP contribution in [0.2, 0.25) is 0 Å². The second kappa shape index (κ2) is 5.89. The third kappa shape index (κ3) is 4.49. The first kappa shape index (κ1) is 11.3. The fraction of sp³-hybridized carbons (Fsp3) is 0.333. The zero-order chi connectivity index (χ0) is 10.4. The summed E-state index contributed by atoms with van der Waals surface area (Å²) in [5, 5.41) is 0. The Kier molecular flexibility index (Phi) is 4.77. The first-order chi connectivity index (χ1) is 6.68. The van der Waals surface area contributed by atoms with Crippen LogP contribution >= 0.6 is 11.8 Å². The number of rotatable bonds is 5. The summed E-state index contributed by atoms with van der Waals surface area (Å²) in [6, 6.07) is 10.5. The highest BCUT2D eigenvalue weighted by molar-refractivity contribution is 8.02. The van der Waals surface area contributed by atoms with E-state index in [-0.39, 0.29) is 0 Å². The van der Waals surface area contributed by atoms with E-state index in [1.165, 1.54) is 10.5 Å². The zero-order valence-corrected chi connectivity index (χ0v) is 9.68. The molecule has 1 aromatic carbocycles. The minimum atomic E-state index is 0.956. The Morgan fingerprint density at radius 1 is 1.29 bits per heavy atom. The maximum Gasteiger partial charge on any atom is 0.0281 e. The molecule has 0 atom stereocenters. The van der Waals surface area contributed by atoms with Crippen molar-refractivity contribution in [2.24, 2.45) is 0 Å². The van der Waals surface area contributed by atoms with Crippen LogP contribution < -0.4 is 0 Å². The summed E-state index contributed by atoms with van der Waals surface area (Å²) in [5.74, 6) is 1.02. The van der Waals surface area contributed by atoms with Gasteiger partial charge in [-0.1, -0.05) is 36.9 Å². The fourth-order valence-electron chi connectivity index (χ4n) is 1.16. The Morgan fingerprint density at radius 3 is 2.50 bits per heavy atom. The quantitative estimate of drug-likeness (QED) is 0.730.